The van der Waals surface area contributed by atoms with Gasteiger partial charge in [-0.25, -0.2) is 0 Å². The number of nitrogens with one attached hydrogen (secondary N) is 1. The molecule has 1 atom stereocenters. The van der Waals surface area contributed by atoms with Crippen molar-refractivity contribution in [3.63, 3.8) is 0 Å². The standard InChI is InChI=1S/C15H20N4OS.ClH/c1-15(2,3)13-18-19-14(21-13)17-12(20)11(16)9-10-7-5-4-6-8-10;/h4-8,11H,9,16H2,1-3H3,(H,17,19,20);1H/t11-;/m0./s1. The van der Waals surface area contributed by atoms with Crippen molar-refractivity contribution >= 4 is 34.8 Å². The van der Waals surface area contributed by atoms with Crippen molar-refractivity contribution in [2.75, 3.05) is 5.32 Å². The number of amides is 1. The zero-order valence-corrected chi connectivity index (χ0v) is 14.5. The lowest BCUT2D eigenvalue weighted by Crippen LogP contribution is -2.37. The first-order chi connectivity index (χ1) is 9.86. The molecule has 0 aliphatic heterocycles. The minimum Gasteiger partial charge on any atom is -0.320 e. The van der Waals surface area contributed by atoms with Gasteiger partial charge in [-0.3, -0.25) is 10.1 Å². The number of carbonyl (C=O) groups is 1. The molecule has 7 heteroatoms. The maximum atomic E-state index is 12.1. The number of nitrogens with zero attached hydrogens (tertiary/aromatic N) is 2. The van der Waals surface area contributed by atoms with E-state index in [1.165, 1.54) is 11.3 Å². The topological polar surface area (TPSA) is 80.9 Å². The Morgan fingerprint density at radius 2 is 1.91 bits per heavy atom. The minimum atomic E-state index is -0.602. The number of hydrogen-bond acceptors (Lipinski definition) is 5. The molecule has 0 radical (unpaired) electrons. The summed E-state index contributed by atoms with van der Waals surface area (Å²) in [5.74, 6) is -0.240. The quantitative estimate of drug-likeness (QED) is 0.896. The SMILES string of the molecule is CC(C)(C)c1nnc(NC(=O)[C@@H](N)Cc2ccccc2)s1.Cl. The van der Waals surface area contributed by atoms with E-state index in [4.69, 9.17) is 5.73 Å². The van der Waals surface area contributed by atoms with Crippen LogP contribution < -0.4 is 11.1 Å². The highest BCUT2D eigenvalue weighted by molar-refractivity contribution is 7.15. The molecule has 0 aliphatic carbocycles. The number of rotatable bonds is 4. The molecule has 0 unspecified atom stereocenters. The Hall–Kier alpha value is -1.50. The van der Waals surface area contributed by atoms with Crippen molar-refractivity contribution in [2.24, 2.45) is 5.73 Å². The van der Waals surface area contributed by atoms with E-state index < -0.39 is 6.04 Å². The van der Waals surface area contributed by atoms with Gasteiger partial charge in [-0.05, 0) is 12.0 Å². The van der Waals surface area contributed by atoms with Crippen molar-refractivity contribution in [1.29, 1.82) is 0 Å². The van der Waals surface area contributed by atoms with Crippen molar-refractivity contribution in [1.82, 2.24) is 10.2 Å². The number of anilines is 1. The van der Waals surface area contributed by atoms with Crippen molar-refractivity contribution in [3.05, 3.63) is 40.9 Å². The molecule has 5 nitrogen and oxygen atoms in total. The molecule has 0 fully saturated rings. The van der Waals surface area contributed by atoms with Crippen LogP contribution in [0.1, 0.15) is 31.3 Å². The molecule has 0 saturated heterocycles. The zero-order valence-electron chi connectivity index (χ0n) is 12.9. The summed E-state index contributed by atoms with van der Waals surface area (Å²) in [6.45, 7) is 6.17. The summed E-state index contributed by atoms with van der Waals surface area (Å²) in [6, 6.07) is 9.10. The molecular formula is C15H21ClN4OS. The van der Waals surface area contributed by atoms with Crippen LogP contribution in [-0.2, 0) is 16.6 Å². The Balaban J connectivity index is 0.00000242. The number of nitrogens with two attached hydrogens (primary N) is 1. The van der Waals surface area contributed by atoms with Gasteiger partial charge in [0.1, 0.15) is 5.01 Å². The monoisotopic (exact) mass is 340 g/mol. The minimum absolute atomic E-state index is 0. The van der Waals surface area contributed by atoms with Crippen LogP contribution in [0.2, 0.25) is 0 Å². The number of aromatic nitrogens is 2. The predicted molar refractivity (Wildman–Crippen MR) is 92.6 cm³/mol. The molecule has 3 N–H and O–H groups in total. The second-order valence-electron chi connectivity index (χ2n) is 5.95. The summed E-state index contributed by atoms with van der Waals surface area (Å²) in [4.78, 5) is 12.1. The van der Waals surface area contributed by atoms with E-state index in [-0.39, 0.29) is 23.7 Å². The molecule has 120 valence electrons. The number of hydrogen-bond donors (Lipinski definition) is 2. The Kier molecular flexibility index (Phi) is 6.47. The van der Waals surface area contributed by atoms with Gasteiger partial charge in [-0.1, -0.05) is 62.4 Å². The van der Waals surface area contributed by atoms with Gasteiger partial charge in [0.05, 0.1) is 6.04 Å². The first-order valence-electron chi connectivity index (χ1n) is 6.80. The highest BCUT2D eigenvalue weighted by Gasteiger charge is 2.21. The lowest BCUT2D eigenvalue weighted by atomic mass is 9.98. The van der Waals surface area contributed by atoms with E-state index in [1.807, 2.05) is 30.3 Å². The summed E-state index contributed by atoms with van der Waals surface area (Å²) in [6.07, 6.45) is 0.498. The van der Waals surface area contributed by atoms with Gasteiger partial charge in [0.25, 0.3) is 0 Å². The molecule has 22 heavy (non-hydrogen) atoms. The van der Waals surface area contributed by atoms with Crippen LogP contribution in [0.4, 0.5) is 5.13 Å². The van der Waals surface area contributed by atoms with E-state index in [9.17, 15) is 4.79 Å². The van der Waals surface area contributed by atoms with Crippen LogP contribution in [0, 0.1) is 0 Å². The molecule has 0 bridgehead atoms. The Morgan fingerprint density at radius 3 is 2.45 bits per heavy atom. The van der Waals surface area contributed by atoms with Crippen molar-refractivity contribution < 1.29 is 4.79 Å². The lowest BCUT2D eigenvalue weighted by molar-refractivity contribution is -0.117. The first-order valence-corrected chi connectivity index (χ1v) is 7.62. The number of carbonyl (C=O) groups excluding carboxylic acids is 1. The summed E-state index contributed by atoms with van der Waals surface area (Å²) >= 11 is 1.38. The maximum Gasteiger partial charge on any atom is 0.243 e. The lowest BCUT2D eigenvalue weighted by Gasteiger charge is -2.12. The van der Waals surface area contributed by atoms with Crippen LogP contribution in [0.3, 0.4) is 0 Å². The third-order valence-corrected chi connectivity index (χ3v) is 4.20. The van der Waals surface area contributed by atoms with E-state index in [0.717, 1.165) is 10.6 Å². The second kappa shape index (κ2) is 7.67. The van der Waals surface area contributed by atoms with Gasteiger partial charge in [0, 0.05) is 5.41 Å². The van der Waals surface area contributed by atoms with Crippen LogP contribution in [-0.4, -0.2) is 22.1 Å². The summed E-state index contributed by atoms with van der Waals surface area (Å²) in [7, 11) is 0. The third kappa shape index (κ3) is 5.05. The molecule has 2 rings (SSSR count). The zero-order chi connectivity index (χ0) is 15.5. The highest BCUT2D eigenvalue weighted by Crippen LogP contribution is 2.27. The molecule has 1 heterocycles. The highest BCUT2D eigenvalue weighted by atomic mass is 35.5. The van der Waals surface area contributed by atoms with Gasteiger partial charge < -0.3 is 5.73 Å². The summed E-state index contributed by atoms with van der Waals surface area (Å²) in [5.41, 5.74) is 6.89. The first kappa shape index (κ1) is 18.5. The fourth-order valence-corrected chi connectivity index (χ4v) is 2.54. The van der Waals surface area contributed by atoms with Gasteiger partial charge in [0.2, 0.25) is 11.0 Å². The van der Waals surface area contributed by atoms with Gasteiger partial charge in [-0.15, -0.1) is 22.6 Å². The van der Waals surface area contributed by atoms with Crippen LogP contribution in [0.5, 0.6) is 0 Å². The van der Waals surface area contributed by atoms with Gasteiger partial charge >= 0.3 is 0 Å². The van der Waals surface area contributed by atoms with Gasteiger partial charge in [0.15, 0.2) is 0 Å². The van der Waals surface area contributed by atoms with Crippen LogP contribution in [0.15, 0.2) is 30.3 Å². The second-order valence-corrected chi connectivity index (χ2v) is 6.93. The molecule has 1 aromatic carbocycles. The Morgan fingerprint density at radius 1 is 1.27 bits per heavy atom. The third-order valence-electron chi connectivity index (χ3n) is 2.93. The Bertz CT molecular complexity index is 610. The van der Waals surface area contributed by atoms with Gasteiger partial charge in [-0.2, -0.15) is 0 Å². The van der Waals surface area contributed by atoms with Crippen molar-refractivity contribution in [3.8, 4) is 0 Å². The number of benzene rings is 1. The van der Waals surface area contributed by atoms with Crippen LogP contribution >= 0.6 is 23.7 Å². The normalized spacial score (nSPS) is 12.4. The van der Waals surface area contributed by atoms with Crippen LogP contribution in [0.25, 0.3) is 0 Å². The fourth-order valence-electron chi connectivity index (χ4n) is 1.74. The molecule has 1 amide bonds. The summed E-state index contributed by atoms with van der Waals surface area (Å²) in [5, 5.41) is 12.2. The smallest absolute Gasteiger partial charge is 0.243 e. The van der Waals surface area contributed by atoms with Crippen molar-refractivity contribution in [2.45, 2.75) is 38.6 Å². The summed E-state index contributed by atoms with van der Waals surface area (Å²) < 4.78 is 0. The van der Waals surface area contributed by atoms with E-state index >= 15 is 0 Å². The molecule has 0 spiro atoms. The number of halogens is 1. The molecule has 2 aromatic rings. The predicted octanol–water partition coefficient (Wildman–Crippen LogP) is 2.77. The molecular weight excluding hydrogens is 320 g/mol. The fraction of sp³-hybridized carbons (Fsp3) is 0.400. The van der Waals surface area contributed by atoms with E-state index in [1.54, 1.807) is 0 Å². The molecule has 1 aromatic heterocycles. The Labute approximate surface area is 140 Å². The van der Waals surface area contributed by atoms with E-state index in [2.05, 4.69) is 36.3 Å². The molecule has 0 saturated carbocycles. The largest absolute Gasteiger partial charge is 0.320 e. The molecule has 0 aliphatic rings. The maximum absolute atomic E-state index is 12.1. The average Bonchev–Trinajstić information content (AvgIpc) is 2.88. The van der Waals surface area contributed by atoms with E-state index in [0.29, 0.717) is 11.6 Å². The average molecular weight is 341 g/mol.